The number of nitrogens with one attached hydrogen (secondary N) is 1. The lowest BCUT2D eigenvalue weighted by molar-refractivity contribution is -0.115. The summed E-state index contributed by atoms with van der Waals surface area (Å²) in [6.45, 7) is 5.92. The number of halogens is 1. The van der Waals surface area contributed by atoms with Crippen LogP contribution in [0.2, 0.25) is 0 Å². The molecule has 0 saturated carbocycles. The molecule has 4 rings (SSSR count). The summed E-state index contributed by atoms with van der Waals surface area (Å²) in [5.74, 6) is -0.347. The van der Waals surface area contributed by atoms with Gasteiger partial charge in [-0.05, 0) is 56.2 Å². The zero-order valence-corrected chi connectivity index (χ0v) is 18.5. The van der Waals surface area contributed by atoms with Gasteiger partial charge in [0, 0.05) is 27.9 Å². The van der Waals surface area contributed by atoms with E-state index in [2.05, 4.69) is 22.3 Å². The Morgan fingerprint density at radius 3 is 2.61 bits per heavy atom. The molecule has 5 nitrogen and oxygen atoms in total. The van der Waals surface area contributed by atoms with Crippen LogP contribution in [0.25, 0.3) is 16.4 Å². The number of aryl methyl sites for hydroxylation is 2. The molecular weight excluding hydrogens is 411 g/mol. The Bertz CT molecular complexity index is 1230. The summed E-state index contributed by atoms with van der Waals surface area (Å²) in [5, 5.41) is 10.3. The molecule has 7 heteroatoms. The van der Waals surface area contributed by atoms with Gasteiger partial charge in [-0.15, -0.1) is 11.3 Å². The third kappa shape index (κ3) is 4.41. The van der Waals surface area contributed by atoms with E-state index in [-0.39, 0.29) is 18.1 Å². The second-order valence-corrected chi connectivity index (χ2v) is 8.16. The lowest BCUT2D eigenvalue weighted by atomic mass is 10.1. The number of hydrogen-bond acceptors (Lipinski definition) is 4. The lowest BCUT2D eigenvalue weighted by Crippen LogP contribution is -2.16. The molecule has 1 N–H and O–H groups in total. The number of para-hydroxylation sites is 1. The molecule has 0 aliphatic heterocycles. The van der Waals surface area contributed by atoms with Crippen molar-refractivity contribution in [3.8, 4) is 16.4 Å². The molecule has 0 unspecified atom stereocenters. The highest BCUT2D eigenvalue weighted by atomic mass is 32.1. The van der Waals surface area contributed by atoms with Crippen LogP contribution in [0.1, 0.15) is 29.4 Å². The molecule has 4 aromatic rings. The zero-order chi connectivity index (χ0) is 22.0. The molecule has 1 amide bonds. The van der Waals surface area contributed by atoms with Crippen LogP contribution >= 0.6 is 11.3 Å². The summed E-state index contributed by atoms with van der Waals surface area (Å²) in [6, 6.07) is 14.1. The van der Waals surface area contributed by atoms with E-state index >= 15 is 0 Å². The molecule has 2 aromatic heterocycles. The Balaban J connectivity index is 1.55. The summed E-state index contributed by atoms with van der Waals surface area (Å²) in [7, 11) is 0. The molecule has 2 aromatic carbocycles. The molecule has 31 heavy (non-hydrogen) atoms. The first-order valence-electron chi connectivity index (χ1n) is 10.1. The first kappa shape index (κ1) is 20.9. The summed E-state index contributed by atoms with van der Waals surface area (Å²) in [6.07, 6.45) is 1.10. The van der Waals surface area contributed by atoms with Crippen molar-refractivity contribution in [1.29, 1.82) is 0 Å². The van der Waals surface area contributed by atoms with Gasteiger partial charge in [0.2, 0.25) is 11.0 Å². The molecule has 2 heterocycles. The van der Waals surface area contributed by atoms with E-state index in [1.165, 1.54) is 23.5 Å². The van der Waals surface area contributed by atoms with Gasteiger partial charge < -0.3 is 5.32 Å². The minimum atomic E-state index is -0.276. The van der Waals surface area contributed by atoms with E-state index in [0.29, 0.717) is 5.13 Å². The Hall–Kier alpha value is -3.32. The summed E-state index contributed by atoms with van der Waals surface area (Å²) in [5.41, 5.74) is 6.15. The Morgan fingerprint density at radius 1 is 1.13 bits per heavy atom. The number of carbonyl (C=O) groups excluding carboxylic acids is 1. The summed E-state index contributed by atoms with van der Waals surface area (Å²) in [4.78, 5) is 17.4. The van der Waals surface area contributed by atoms with E-state index < -0.39 is 0 Å². The monoisotopic (exact) mass is 434 g/mol. The summed E-state index contributed by atoms with van der Waals surface area (Å²) >= 11 is 1.46. The van der Waals surface area contributed by atoms with Crippen molar-refractivity contribution in [3.63, 3.8) is 0 Å². The first-order valence-corrected chi connectivity index (χ1v) is 11.0. The van der Waals surface area contributed by atoms with Gasteiger partial charge in [0.15, 0.2) is 0 Å². The maximum atomic E-state index is 13.2. The van der Waals surface area contributed by atoms with Crippen molar-refractivity contribution < 1.29 is 9.18 Å². The quantitative estimate of drug-likeness (QED) is 0.436. The standard InChI is InChI=1S/C24H23FN4OS/c1-4-17-7-5-6-8-21(17)26-23(30)13-20-15(2)28-29(16(20)3)24-27-22(14-31-24)18-9-11-19(25)12-10-18/h5-12,14H,4,13H2,1-3H3,(H,26,30). The van der Waals surface area contributed by atoms with Gasteiger partial charge in [-0.2, -0.15) is 5.10 Å². The molecule has 0 atom stereocenters. The van der Waals surface area contributed by atoms with Crippen LogP contribution < -0.4 is 5.32 Å². The lowest BCUT2D eigenvalue weighted by Gasteiger charge is -2.10. The average Bonchev–Trinajstić information content (AvgIpc) is 3.35. The molecule has 0 aliphatic rings. The Labute approximate surface area is 184 Å². The highest BCUT2D eigenvalue weighted by Crippen LogP contribution is 2.27. The smallest absolute Gasteiger partial charge is 0.228 e. The summed E-state index contributed by atoms with van der Waals surface area (Å²) < 4.78 is 15.0. The van der Waals surface area contributed by atoms with Gasteiger partial charge in [0.05, 0.1) is 17.8 Å². The van der Waals surface area contributed by atoms with Crippen LogP contribution in [-0.4, -0.2) is 20.7 Å². The first-order chi connectivity index (χ1) is 15.0. The number of carbonyl (C=O) groups is 1. The topological polar surface area (TPSA) is 59.8 Å². The van der Waals surface area contributed by atoms with Crippen molar-refractivity contribution in [1.82, 2.24) is 14.8 Å². The second-order valence-electron chi connectivity index (χ2n) is 7.32. The Kier molecular flexibility index (Phi) is 5.95. The number of hydrogen-bond donors (Lipinski definition) is 1. The predicted octanol–water partition coefficient (Wildman–Crippen LogP) is 5.50. The Morgan fingerprint density at radius 2 is 1.87 bits per heavy atom. The maximum absolute atomic E-state index is 13.2. The fraction of sp³-hybridized carbons (Fsp3) is 0.208. The largest absolute Gasteiger partial charge is 0.326 e. The highest BCUT2D eigenvalue weighted by molar-refractivity contribution is 7.12. The molecule has 0 saturated heterocycles. The maximum Gasteiger partial charge on any atom is 0.228 e. The molecule has 0 radical (unpaired) electrons. The van der Waals surface area contributed by atoms with Gasteiger partial charge in [0.25, 0.3) is 0 Å². The van der Waals surface area contributed by atoms with Crippen molar-refractivity contribution in [3.05, 3.63) is 82.2 Å². The van der Waals surface area contributed by atoms with Gasteiger partial charge in [-0.25, -0.2) is 14.1 Å². The van der Waals surface area contributed by atoms with Crippen molar-refractivity contribution in [2.24, 2.45) is 0 Å². The third-order valence-corrected chi connectivity index (χ3v) is 6.08. The average molecular weight is 435 g/mol. The van der Waals surface area contributed by atoms with E-state index in [4.69, 9.17) is 0 Å². The highest BCUT2D eigenvalue weighted by Gasteiger charge is 2.18. The molecular formula is C24H23FN4OS. The van der Waals surface area contributed by atoms with Crippen molar-refractivity contribution in [2.45, 2.75) is 33.6 Å². The van der Waals surface area contributed by atoms with Crippen LogP contribution in [0.3, 0.4) is 0 Å². The number of rotatable bonds is 6. The van der Waals surface area contributed by atoms with E-state index in [1.54, 1.807) is 16.8 Å². The van der Waals surface area contributed by atoms with E-state index in [1.807, 2.05) is 43.5 Å². The number of thiazole rings is 1. The minimum Gasteiger partial charge on any atom is -0.326 e. The number of nitrogens with zero attached hydrogens (tertiary/aromatic N) is 3. The van der Waals surface area contributed by atoms with Crippen molar-refractivity contribution in [2.75, 3.05) is 5.32 Å². The molecule has 158 valence electrons. The zero-order valence-electron chi connectivity index (χ0n) is 17.6. The molecule has 0 bridgehead atoms. The fourth-order valence-electron chi connectivity index (χ4n) is 3.54. The van der Waals surface area contributed by atoms with Crippen LogP contribution in [0.5, 0.6) is 0 Å². The predicted molar refractivity (Wildman–Crippen MR) is 122 cm³/mol. The van der Waals surface area contributed by atoms with Crippen LogP contribution in [0.4, 0.5) is 10.1 Å². The molecule has 0 aliphatic carbocycles. The molecule has 0 fully saturated rings. The fourth-order valence-corrected chi connectivity index (χ4v) is 4.37. The van der Waals surface area contributed by atoms with E-state index in [9.17, 15) is 9.18 Å². The second kappa shape index (κ2) is 8.81. The molecule has 0 spiro atoms. The van der Waals surface area contributed by atoms with Gasteiger partial charge in [-0.1, -0.05) is 25.1 Å². The van der Waals surface area contributed by atoms with Crippen LogP contribution in [-0.2, 0) is 17.6 Å². The van der Waals surface area contributed by atoms with E-state index in [0.717, 1.165) is 45.9 Å². The van der Waals surface area contributed by atoms with Crippen LogP contribution in [0, 0.1) is 19.7 Å². The van der Waals surface area contributed by atoms with Crippen molar-refractivity contribution >= 4 is 22.9 Å². The van der Waals surface area contributed by atoms with Gasteiger partial charge in [0.1, 0.15) is 5.82 Å². The van der Waals surface area contributed by atoms with Gasteiger partial charge >= 0.3 is 0 Å². The SMILES string of the molecule is CCc1ccccc1NC(=O)Cc1c(C)nn(-c2nc(-c3ccc(F)cc3)cs2)c1C. The van der Waals surface area contributed by atoms with Crippen LogP contribution in [0.15, 0.2) is 53.9 Å². The normalized spacial score (nSPS) is 11.0. The number of aromatic nitrogens is 3. The number of anilines is 1. The number of amides is 1. The third-order valence-electron chi connectivity index (χ3n) is 5.26. The number of benzene rings is 2. The minimum absolute atomic E-state index is 0.0715. The van der Waals surface area contributed by atoms with Gasteiger partial charge in [-0.3, -0.25) is 4.79 Å².